The van der Waals surface area contributed by atoms with Gasteiger partial charge < -0.3 is 5.32 Å². The van der Waals surface area contributed by atoms with Crippen molar-refractivity contribution < 1.29 is 13.2 Å². The zero-order valence-electron chi connectivity index (χ0n) is 20.5. The fourth-order valence-electron chi connectivity index (χ4n) is 3.93. The number of hydrogen-bond donors (Lipinski definition) is 1. The molecule has 10 nitrogen and oxygen atoms in total. The average Bonchev–Trinajstić information content (AvgIpc) is 3.31. The van der Waals surface area contributed by atoms with Crippen molar-refractivity contribution in [2.75, 3.05) is 19.6 Å². The number of amides is 1. The Morgan fingerprint density at radius 3 is 2.38 bits per heavy atom. The summed E-state index contributed by atoms with van der Waals surface area (Å²) in [5.41, 5.74) is 1.47. The van der Waals surface area contributed by atoms with Crippen LogP contribution in [-0.4, -0.2) is 57.6 Å². The number of sulfonamides is 1. The van der Waals surface area contributed by atoms with E-state index in [1.807, 2.05) is 12.1 Å². The molecule has 0 radical (unpaired) electrons. The van der Waals surface area contributed by atoms with Crippen LogP contribution in [0.15, 0.2) is 70.7 Å². The van der Waals surface area contributed by atoms with Gasteiger partial charge in [-0.15, -0.1) is 0 Å². The van der Waals surface area contributed by atoms with Gasteiger partial charge in [0.05, 0.1) is 24.2 Å². The van der Waals surface area contributed by atoms with Gasteiger partial charge in [0.15, 0.2) is 5.65 Å². The lowest BCUT2D eigenvalue weighted by atomic mass is 10.2. The minimum absolute atomic E-state index is 0.142. The fourth-order valence-corrected chi connectivity index (χ4v) is 5.51. The number of carbonyl (C=O) groups is 1. The lowest BCUT2D eigenvalue weighted by Gasteiger charge is -2.18. The van der Waals surface area contributed by atoms with Crippen LogP contribution < -0.4 is 10.9 Å². The monoisotopic (exact) mass is 542 g/mol. The molecule has 194 valence electrons. The normalized spacial score (nSPS) is 11.8. The molecule has 0 atom stereocenters. The Bertz CT molecular complexity index is 1560. The van der Waals surface area contributed by atoms with Crippen LogP contribution in [0, 0.1) is 0 Å². The van der Waals surface area contributed by atoms with Gasteiger partial charge in [0.25, 0.3) is 11.5 Å². The standard InChI is InChI=1S/C25H27ClN6O4S/c1-3-31(4-2)37(35,36)21-11-7-19(8-12-21)24(33)27-13-14-32-23-22(15-29-32)25(34)30(17-28-23)16-18-5-9-20(26)10-6-18/h5-12,15,17H,3-4,13-14,16H2,1-2H3,(H,27,33). The maximum Gasteiger partial charge on any atom is 0.264 e. The Morgan fingerprint density at radius 1 is 1.05 bits per heavy atom. The van der Waals surface area contributed by atoms with Crippen LogP contribution in [0.4, 0.5) is 0 Å². The van der Waals surface area contributed by atoms with E-state index in [1.54, 1.807) is 30.7 Å². The number of rotatable bonds is 10. The number of aromatic nitrogens is 4. The second kappa shape index (κ2) is 11.2. The van der Waals surface area contributed by atoms with E-state index in [0.29, 0.717) is 47.8 Å². The van der Waals surface area contributed by atoms with Gasteiger partial charge in [-0.05, 0) is 42.0 Å². The fraction of sp³-hybridized carbons (Fsp3) is 0.280. The molecule has 2 aromatic heterocycles. The van der Waals surface area contributed by atoms with Crippen LogP contribution in [0.5, 0.6) is 0 Å². The highest BCUT2D eigenvalue weighted by molar-refractivity contribution is 7.89. The molecule has 0 bridgehead atoms. The molecule has 0 aliphatic heterocycles. The predicted octanol–water partition coefficient (Wildman–Crippen LogP) is 2.76. The first-order valence-electron chi connectivity index (χ1n) is 11.8. The lowest BCUT2D eigenvalue weighted by molar-refractivity contribution is 0.0952. The van der Waals surface area contributed by atoms with Crippen LogP contribution >= 0.6 is 11.6 Å². The van der Waals surface area contributed by atoms with Crippen molar-refractivity contribution >= 4 is 38.6 Å². The molecule has 0 aliphatic carbocycles. The lowest BCUT2D eigenvalue weighted by Crippen LogP contribution is -2.31. The first kappa shape index (κ1) is 26.5. The summed E-state index contributed by atoms with van der Waals surface area (Å²) >= 11 is 5.92. The summed E-state index contributed by atoms with van der Waals surface area (Å²) in [5.74, 6) is -0.346. The molecule has 1 amide bonds. The second-order valence-electron chi connectivity index (χ2n) is 8.28. The van der Waals surface area contributed by atoms with Crippen LogP contribution in [0.3, 0.4) is 0 Å². The maximum absolute atomic E-state index is 12.9. The molecule has 12 heteroatoms. The molecular weight excluding hydrogens is 516 g/mol. The quantitative estimate of drug-likeness (QED) is 0.329. The molecule has 0 aliphatic rings. The van der Waals surface area contributed by atoms with Gasteiger partial charge in [0, 0.05) is 30.2 Å². The molecule has 0 saturated heterocycles. The summed E-state index contributed by atoms with van der Waals surface area (Å²) in [5, 5.41) is 8.05. The molecule has 37 heavy (non-hydrogen) atoms. The number of nitrogens with zero attached hydrogens (tertiary/aromatic N) is 5. The summed E-state index contributed by atoms with van der Waals surface area (Å²) in [4.78, 5) is 30.0. The van der Waals surface area contributed by atoms with Gasteiger partial charge >= 0.3 is 0 Å². The highest BCUT2D eigenvalue weighted by Crippen LogP contribution is 2.16. The molecule has 2 aromatic carbocycles. The van der Waals surface area contributed by atoms with Gasteiger partial charge in [-0.2, -0.15) is 9.40 Å². The summed E-state index contributed by atoms with van der Waals surface area (Å²) in [6.07, 6.45) is 2.95. The number of benzene rings is 2. The minimum atomic E-state index is -3.59. The van der Waals surface area contributed by atoms with E-state index >= 15 is 0 Å². The van der Waals surface area contributed by atoms with Crippen molar-refractivity contribution in [1.29, 1.82) is 0 Å². The number of hydrogen-bond acceptors (Lipinski definition) is 6. The van der Waals surface area contributed by atoms with Crippen molar-refractivity contribution in [1.82, 2.24) is 29.0 Å². The van der Waals surface area contributed by atoms with E-state index in [0.717, 1.165) is 5.56 Å². The Hall–Kier alpha value is -3.54. The zero-order valence-corrected chi connectivity index (χ0v) is 22.0. The highest BCUT2D eigenvalue weighted by Gasteiger charge is 2.21. The third-order valence-electron chi connectivity index (χ3n) is 5.96. The molecule has 0 spiro atoms. The minimum Gasteiger partial charge on any atom is -0.350 e. The van der Waals surface area contributed by atoms with Crippen LogP contribution in [-0.2, 0) is 23.1 Å². The summed E-state index contributed by atoms with van der Waals surface area (Å²) < 4.78 is 29.7. The molecule has 4 aromatic rings. The van der Waals surface area contributed by atoms with E-state index in [9.17, 15) is 18.0 Å². The third kappa shape index (κ3) is 5.74. The zero-order chi connectivity index (χ0) is 26.6. The number of halogens is 1. The SMILES string of the molecule is CCN(CC)S(=O)(=O)c1ccc(C(=O)NCCn2ncc3c(=O)n(Cc4ccc(Cl)cc4)cnc32)cc1. The Kier molecular flexibility index (Phi) is 8.06. The number of carbonyl (C=O) groups excluding carboxylic acids is 1. The molecule has 4 rings (SSSR count). The number of fused-ring (bicyclic) bond motifs is 1. The highest BCUT2D eigenvalue weighted by atomic mass is 35.5. The van der Waals surface area contributed by atoms with E-state index in [-0.39, 0.29) is 22.9 Å². The molecule has 2 heterocycles. The Morgan fingerprint density at radius 2 is 1.73 bits per heavy atom. The topological polar surface area (TPSA) is 119 Å². The molecule has 0 saturated carbocycles. The van der Waals surface area contributed by atoms with Gasteiger partial charge in [0.2, 0.25) is 10.0 Å². The first-order chi connectivity index (χ1) is 17.7. The third-order valence-corrected chi connectivity index (χ3v) is 8.27. The molecular formula is C25H27ClN6O4S. The maximum atomic E-state index is 12.9. The van der Waals surface area contributed by atoms with Crippen molar-refractivity contribution in [2.45, 2.75) is 31.8 Å². The first-order valence-corrected chi connectivity index (χ1v) is 13.6. The van der Waals surface area contributed by atoms with E-state index < -0.39 is 10.0 Å². The molecule has 0 fully saturated rings. The van der Waals surface area contributed by atoms with Gasteiger partial charge in [-0.25, -0.2) is 18.1 Å². The summed E-state index contributed by atoms with van der Waals surface area (Å²) in [6, 6.07) is 13.1. The van der Waals surface area contributed by atoms with Crippen LogP contribution in [0.25, 0.3) is 11.0 Å². The van der Waals surface area contributed by atoms with Crippen LogP contribution in [0.1, 0.15) is 29.8 Å². The van der Waals surface area contributed by atoms with Crippen LogP contribution in [0.2, 0.25) is 5.02 Å². The molecule has 0 unspecified atom stereocenters. The Labute approximate surface area is 219 Å². The van der Waals surface area contributed by atoms with Gasteiger partial charge in [0.1, 0.15) is 11.7 Å². The molecule has 1 N–H and O–H groups in total. The average molecular weight is 543 g/mol. The number of nitrogens with one attached hydrogen (secondary N) is 1. The van der Waals surface area contributed by atoms with Crippen molar-refractivity contribution in [3.63, 3.8) is 0 Å². The van der Waals surface area contributed by atoms with E-state index in [2.05, 4.69) is 15.4 Å². The second-order valence-corrected chi connectivity index (χ2v) is 10.7. The van der Waals surface area contributed by atoms with E-state index in [1.165, 1.54) is 45.7 Å². The Balaban J connectivity index is 1.39. The van der Waals surface area contributed by atoms with Gasteiger partial charge in [-0.1, -0.05) is 37.6 Å². The van der Waals surface area contributed by atoms with E-state index in [4.69, 9.17) is 11.6 Å². The van der Waals surface area contributed by atoms with Crippen molar-refractivity contribution in [2.24, 2.45) is 0 Å². The summed E-state index contributed by atoms with van der Waals surface area (Å²) in [6.45, 7) is 5.19. The van der Waals surface area contributed by atoms with Crippen molar-refractivity contribution in [3.8, 4) is 0 Å². The smallest absolute Gasteiger partial charge is 0.264 e. The van der Waals surface area contributed by atoms with Crippen molar-refractivity contribution in [3.05, 3.63) is 87.6 Å². The predicted molar refractivity (Wildman–Crippen MR) is 141 cm³/mol. The largest absolute Gasteiger partial charge is 0.350 e. The summed E-state index contributed by atoms with van der Waals surface area (Å²) in [7, 11) is -3.59. The van der Waals surface area contributed by atoms with Gasteiger partial charge in [-0.3, -0.25) is 14.2 Å².